The van der Waals surface area contributed by atoms with E-state index in [2.05, 4.69) is 18.2 Å². The van der Waals surface area contributed by atoms with Crippen molar-refractivity contribution >= 4 is 0 Å². The highest BCUT2D eigenvalue weighted by Gasteiger charge is 2.25. The van der Waals surface area contributed by atoms with Crippen LogP contribution in [0.4, 0.5) is 0 Å². The van der Waals surface area contributed by atoms with Crippen LogP contribution in [0.5, 0.6) is 0 Å². The van der Waals surface area contributed by atoms with E-state index in [1.165, 1.54) is 0 Å². The van der Waals surface area contributed by atoms with Crippen LogP contribution in [0.25, 0.3) is 0 Å². The molecule has 0 saturated carbocycles. The van der Waals surface area contributed by atoms with Crippen LogP contribution < -0.4 is 0 Å². The van der Waals surface area contributed by atoms with Crippen molar-refractivity contribution in [1.29, 1.82) is 0 Å². The molecule has 1 aliphatic carbocycles. The molecule has 0 aromatic heterocycles. The second-order valence-electron chi connectivity index (χ2n) is 3.38. The molecular weight excluding hydrogens is 148 g/mol. The molecule has 0 heterocycles. The molecule has 1 nitrogen and oxygen atoms in total. The summed E-state index contributed by atoms with van der Waals surface area (Å²) in [6, 6.07) is 0. The summed E-state index contributed by atoms with van der Waals surface area (Å²) in [4.78, 5) is 0. The lowest BCUT2D eigenvalue weighted by Crippen LogP contribution is -2.28. The molecule has 0 aromatic carbocycles. The second kappa shape index (κ2) is 3.90. The first kappa shape index (κ1) is 9.53. The van der Waals surface area contributed by atoms with Gasteiger partial charge < -0.3 is 5.11 Å². The molecule has 68 valence electrons. The van der Waals surface area contributed by atoms with Gasteiger partial charge in [0.25, 0.3) is 0 Å². The van der Waals surface area contributed by atoms with Crippen LogP contribution in [-0.4, -0.2) is 10.7 Å². The third-order valence-electron chi connectivity index (χ3n) is 2.70. The number of hydrogen-bond acceptors (Lipinski definition) is 1. The van der Waals surface area contributed by atoms with E-state index in [0.717, 1.165) is 31.3 Å². The first-order valence-electron chi connectivity index (χ1n) is 4.82. The van der Waals surface area contributed by atoms with Gasteiger partial charge in [-0.2, -0.15) is 0 Å². The maximum Gasteiger partial charge on any atom is 0.0888 e. The summed E-state index contributed by atoms with van der Waals surface area (Å²) in [5.41, 5.74) is 0.537. The van der Waals surface area contributed by atoms with E-state index >= 15 is 0 Å². The first-order valence-corrected chi connectivity index (χ1v) is 4.82. The molecule has 0 spiro atoms. The third-order valence-corrected chi connectivity index (χ3v) is 2.70. The van der Waals surface area contributed by atoms with Crippen molar-refractivity contribution in [2.24, 2.45) is 0 Å². The van der Waals surface area contributed by atoms with E-state index < -0.39 is 5.60 Å². The zero-order valence-corrected chi connectivity index (χ0v) is 8.01. The van der Waals surface area contributed by atoms with Gasteiger partial charge in [-0.3, -0.25) is 0 Å². The highest BCUT2D eigenvalue weighted by Crippen LogP contribution is 2.28. The normalized spacial score (nSPS) is 17.8. The SMILES string of the molecule is CCC(O)(CC)C1=CCCC=C1. The number of hydrogen-bond donors (Lipinski definition) is 1. The summed E-state index contributed by atoms with van der Waals surface area (Å²) < 4.78 is 0. The summed E-state index contributed by atoms with van der Waals surface area (Å²) in [6.45, 7) is 4.07. The largest absolute Gasteiger partial charge is 0.385 e. The molecule has 0 amide bonds. The van der Waals surface area contributed by atoms with Crippen LogP contribution in [-0.2, 0) is 0 Å². The van der Waals surface area contributed by atoms with Crippen molar-refractivity contribution in [3.63, 3.8) is 0 Å². The van der Waals surface area contributed by atoms with E-state index in [-0.39, 0.29) is 0 Å². The molecule has 1 heteroatoms. The molecule has 1 rings (SSSR count). The second-order valence-corrected chi connectivity index (χ2v) is 3.38. The molecule has 0 atom stereocenters. The Kier molecular flexibility index (Phi) is 3.10. The van der Waals surface area contributed by atoms with E-state index in [9.17, 15) is 5.11 Å². The molecule has 1 aliphatic rings. The molecule has 0 aromatic rings. The van der Waals surface area contributed by atoms with Crippen molar-refractivity contribution in [1.82, 2.24) is 0 Å². The Morgan fingerprint density at radius 1 is 1.33 bits per heavy atom. The zero-order chi connectivity index (χ0) is 9.03. The maximum atomic E-state index is 10.1. The highest BCUT2D eigenvalue weighted by molar-refractivity contribution is 5.30. The summed E-state index contributed by atoms with van der Waals surface area (Å²) in [5, 5.41) is 10.1. The van der Waals surface area contributed by atoms with Gasteiger partial charge in [-0.1, -0.05) is 32.1 Å². The molecule has 0 saturated heterocycles. The van der Waals surface area contributed by atoms with Crippen LogP contribution in [0.3, 0.4) is 0 Å². The highest BCUT2D eigenvalue weighted by atomic mass is 16.3. The van der Waals surface area contributed by atoms with Crippen LogP contribution in [0, 0.1) is 0 Å². The van der Waals surface area contributed by atoms with Crippen molar-refractivity contribution in [3.8, 4) is 0 Å². The third kappa shape index (κ3) is 1.78. The molecule has 0 radical (unpaired) electrons. The molecule has 0 unspecified atom stereocenters. The predicted octanol–water partition coefficient (Wildman–Crippen LogP) is 2.81. The van der Waals surface area contributed by atoms with E-state index in [4.69, 9.17) is 0 Å². The zero-order valence-electron chi connectivity index (χ0n) is 8.01. The Morgan fingerprint density at radius 3 is 2.42 bits per heavy atom. The minimum absolute atomic E-state index is 0.572. The molecule has 0 fully saturated rings. The minimum atomic E-state index is -0.572. The topological polar surface area (TPSA) is 20.2 Å². The molecule has 0 aliphatic heterocycles. The van der Waals surface area contributed by atoms with Crippen molar-refractivity contribution in [3.05, 3.63) is 23.8 Å². The van der Waals surface area contributed by atoms with Crippen LogP contribution in [0.15, 0.2) is 23.8 Å². The van der Waals surface area contributed by atoms with E-state index in [0.29, 0.717) is 0 Å². The summed E-state index contributed by atoms with van der Waals surface area (Å²) in [6.07, 6.45) is 10.2. The van der Waals surface area contributed by atoms with Crippen LogP contribution in [0.2, 0.25) is 0 Å². The fourth-order valence-electron chi connectivity index (χ4n) is 1.62. The average Bonchev–Trinajstić information content (AvgIpc) is 2.18. The lowest BCUT2D eigenvalue weighted by Gasteiger charge is -2.28. The fraction of sp³-hybridized carbons (Fsp3) is 0.636. The number of allylic oxidation sites excluding steroid dienone is 2. The summed E-state index contributed by atoms with van der Waals surface area (Å²) in [7, 11) is 0. The van der Waals surface area contributed by atoms with Crippen LogP contribution >= 0.6 is 0 Å². The lowest BCUT2D eigenvalue weighted by molar-refractivity contribution is 0.0732. The minimum Gasteiger partial charge on any atom is -0.385 e. The Bertz CT molecular complexity index is 197. The van der Waals surface area contributed by atoms with Crippen molar-refractivity contribution in [2.75, 3.05) is 0 Å². The quantitative estimate of drug-likeness (QED) is 0.683. The lowest BCUT2D eigenvalue weighted by atomic mass is 9.85. The van der Waals surface area contributed by atoms with Gasteiger partial charge in [0, 0.05) is 0 Å². The predicted molar refractivity (Wildman–Crippen MR) is 52.0 cm³/mol. The summed E-state index contributed by atoms with van der Waals surface area (Å²) >= 11 is 0. The molecular formula is C11H18O. The van der Waals surface area contributed by atoms with E-state index in [1.807, 2.05) is 13.8 Å². The van der Waals surface area contributed by atoms with Crippen LogP contribution in [0.1, 0.15) is 39.5 Å². The molecule has 12 heavy (non-hydrogen) atoms. The maximum absolute atomic E-state index is 10.1. The summed E-state index contributed by atoms with van der Waals surface area (Å²) in [5.74, 6) is 0. The van der Waals surface area contributed by atoms with Gasteiger partial charge in [0.1, 0.15) is 0 Å². The molecule has 1 N–H and O–H groups in total. The Balaban J connectivity index is 2.78. The van der Waals surface area contributed by atoms with Crippen molar-refractivity contribution in [2.45, 2.75) is 45.1 Å². The Hall–Kier alpha value is -0.560. The van der Waals surface area contributed by atoms with Gasteiger partial charge >= 0.3 is 0 Å². The van der Waals surface area contributed by atoms with Gasteiger partial charge in [0.2, 0.25) is 0 Å². The standard InChI is InChI=1S/C11H18O/c1-3-11(12,4-2)10-8-6-5-7-9-10/h6,8-9,12H,3-5,7H2,1-2H3. The van der Waals surface area contributed by atoms with Crippen molar-refractivity contribution < 1.29 is 5.11 Å². The molecule has 0 bridgehead atoms. The van der Waals surface area contributed by atoms with Gasteiger partial charge in [-0.25, -0.2) is 0 Å². The first-order chi connectivity index (χ1) is 5.73. The fourth-order valence-corrected chi connectivity index (χ4v) is 1.62. The van der Waals surface area contributed by atoms with Gasteiger partial charge in [0.15, 0.2) is 0 Å². The van der Waals surface area contributed by atoms with E-state index in [1.54, 1.807) is 0 Å². The van der Waals surface area contributed by atoms with Gasteiger partial charge in [-0.15, -0.1) is 0 Å². The van der Waals surface area contributed by atoms with Gasteiger partial charge in [-0.05, 0) is 31.3 Å². The Labute approximate surface area is 74.8 Å². The van der Waals surface area contributed by atoms with Gasteiger partial charge in [0.05, 0.1) is 5.60 Å². The number of aliphatic hydroxyl groups is 1. The smallest absolute Gasteiger partial charge is 0.0888 e. The number of rotatable bonds is 3. The average molecular weight is 166 g/mol. The monoisotopic (exact) mass is 166 g/mol. The Morgan fingerprint density at radius 2 is 2.00 bits per heavy atom.